The molecule has 0 unspecified atom stereocenters. The van der Waals surface area contributed by atoms with E-state index < -0.39 is 6.10 Å². The summed E-state index contributed by atoms with van der Waals surface area (Å²) in [7, 11) is 0. The normalized spacial score (nSPS) is 11.5. The number of rotatable bonds is 9. The van der Waals surface area contributed by atoms with Crippen LogP contribution in [0.2, 0.25) is 0 Å². The van der Waals surface area contributed by atoms with E-state index in [1.165, 1.54) is 6.26 Å². The third-order valence-electron chi connectivity index (χ3n) is 3.72. The van der Waals surface area contributed by atoms with Crippen LogP contribution in [-0.2, 0) is 16.1 Å². The minimum atomic E-state index is -0.808. The van der Waals surface area contributed by atoms with Gasteiger partial charge in [0.25, 0.3) is 0 Å². The van der Waals surface area contributed by atoms with Gasteiger partial charge in [-0.3, -0.25) is 4.79 Å². The number of amides is 1. The summed E-state index contributed by atoms with van der Waals surface area (Å²) >= 11 is 0. The zero-order valence-electron chi connectivity index (χ0n) is 13.7. The molecule has 0 bridgehead atoms. The summed E-state index contributed by atoms with van der Waals surface area (Å²) in [6.45, 7) is 4.82. The number of nitrogens with zero attached hydrogens (tertiary/aromatic N) is 1. The van der Waals surface area contributed by atoms with Crippen LogP contribution in [-0.4, -0.2) is 29.1 Å². The molecule has 0 fully saturated rings. The van der Waals surface area contributed by atoms with Crippen LogP contribution in [0.25, 0.3) is 0 Å². The molecule has 1 N–H and O–H groups in total. The van der Waals surface area contributed by atoms with Gasteiger partial charge in [-0.05, 0) is 11.1 Å². The minimum absolute atomic E-state index is 0.0466. The average molecular weight is 325 g/mol. The lowest BCUT2D eigenvalue weighted by atomic mass is 10.1. The molecule has 0 radical (unpaired) electrons. The molecular weight excluding hydrogens is 302 g/mol. The van der Waals surface area contributed by atoms with Crippen LogP contribution in [0.15, 0.2) is 73.5 Å². The summed E-state index contributed by atoms with van der Waals surface area (Å²) in [5.41, 5.74) is 1.78. The van der Waals surface area contributed by atoms with Gasteiger partial charge < -0.3 is 14.7 Å². The highest BCUT2D eigenvalue weighted by molar-refractivity contribution is 5.77. The SMILES string of the molecule is C=COCCN(Cc1ccccc1)C(=O)C[C@H](O)c1ccccc1. The van der Waals surface area contributed by atoms with Gasteiger partial charge in [-0.15, -0.1) is 0 Å². The molecule has 0 saturated heterocycles. The monoisotopic (exact) mass is 325 g/mol. The number of hydrogen-bond acceptors (Lipinski definition) is 3. The van der Waals surface area contributed by atoms with Crippen molar-refractivity contribution in [3.63, 3.8) is 0 Å². The van der Waals surface area contributed by atoms with E-state index in [9.17, 15) is 9.90 Å². The molecule has 0 aliphatic heterocycles. The maximum atomic E-state index is 12.6. The van der Waals surface area contributed by atoms with E-state index in [-0.39, 0.29) is 12.3 Å². The third-order valence-corrected chi connectivity index (χ3v) is 3.72. The van der Waals surface area contributed by atoms with Gasteiger partial charge in [0, 0.05) is 6.54 Å². The maximum absolute atomic E-state index is 12.6. The van der Waals surface area contributed by atoms with E-state index in [2.05, 4.69) is 6.58 Å². The Kier molecular flexibility index (Phi) is 7.05. The molecule has 24 heavy (non-hydrogen) atoms. The van der Waals surface area contributed by atoms with Crippen LogP contribution in [0.1, 0.15) is 23.7 Å². The van der Waals surface area contributed by atoms with Gasteiger partial charge in [0.2, 0.25) is 5.91 Å². The van der Waals surface area contributed by atoms with E-state index in [0.29, 0.717) is 19.7 Å². The molecule has 4 heteroatoms. The van der Waals surface area contributed by atoms with Gasteiger partial charge in [0.1, 0.15) is 6.61 Å². The van der Waals surface area contributed by atoms with Crippen molar-refractivity contribution in [1.29, 1.82) is 0 Å². The molecule has 0 aliphatic carbocycles. The summed E-state index contributed by atoms with van der Waals surface area (Å²) in [4.78, 5) is 14.3. The first kappa shape index (κ1) is 17.8. The number of aliphatic hydroxyl groups is 1. The second kappa shape index (κ2) is 9.53. The first-order chi connectivity index (χ1) is 11.7. The van der Waals surface area contributed by atoms with Crippen molar-refractivity contribution in [2.24, 2.45) is 0 Å². The zero-order valence-corrected chi connectivity index (χ0v) is 13.7. The number of aliphatic hydroxyl groups excluding tert-OH is 1. The molecule has 1 amide bonds. The molecule has 2 aromatic rings. The molecule has 126 valence electrons. The molecule has 0 aromatic heterocycles. The number of hydrogen-bond donors (Lipinski definition) is 1. The van der Waals surface area contributed by atoms with Crippen LogP contribution < -0.4 is 0 Å². The largest absolute Gasteiger partial charge is 0.500 e. The Labute approximate surface area is 143 Å². The average Bonchev–Trinajstić information content (AvgIpc) is 2.62. The predicted molar refractivity (Wildman–Crippen MR) is 94.0 cm³/mol. The fraction of sp³-hybridized carbons (Fsp3) is 0.250. The van der Waals surface area contributed by atoms with Crippen LogP contribution in [0, 0.1) is 0 Å². The lowest BCUT2D eigenvalue weighted by Gasteiger charge is -2.24. The number of benzene rings is 2. The summed E-state index contributed by atoms with van der Waals surface area (Å²) in [5.74, 6) is -0.108. The van der Waals surface area contributed by atoms with Crippen molar-refractivity contribution >= 4 is 5.91 Å². The summed E-state index contributed by atoms with van der Waals surface area (Å²) < 4.78 is 5.15. The van der Waals surface area contributed by atoms with E-state index in [1.807, 2.05) is 60.7 Å². The molecule has 1 atom stereocenters. The predicted octanol–water partition coefficient (Wildman–Crippen LogP) is 3.30. The second-order valence-corrected chi connectivity index (χ2v) is 5.47. The molecule has 4 nitrogen and oxygen atoms in total. The van der Waals surface area contributed by atoms with Crippen molar-refractivity contribution in [3.8, 4) is 0 Å². The topological polar surface area (TPSA) is 49.8 Å². The first-order valence-electron chi connectivity index (χ1n) is 7.98. The van der Waals surface area contributed by atoms with Gasteiger partial charge in [-0.2, -0.15) is 0 Å². The fourth-order valence-corrected chi connectivity index (χ4v) is 2.43. The van der Waals surface area contributed by atoms with Gasteiger partial charge in [0.15, 0.2) is 0 Å². The molecule has 0 heterocycles. The maximum Gasteiger partial charge on any atom is 0.225 e. The first-order valence-corrected chi connectivity index (χ1v) is 7.98. The van der Waals surface area contributed by atoms with Crippen molar-refractivity contribution in [3.05, 3.63) is 84.6 Å². The van der Waals surface area contributed by atoms with E-state index >= 15 is 0 Å². The summed E-state index contributed by atoms with van der Waals surface area (Å²) in [6.07, 6.45) is 0.604. The van der Waals surface area contributed by atoms with Crippen molar-refractivity contribution in [1.82, 2.24) is 4.90 Å². The highest BCUT2D eigenvalue weighted by Crippen LogP contribution is 2.18. The molecule has 0 spiro atoms. The summed E-state index contributed by atoms with van der Waals surface area (Å²) in [5, 5.41) is 10.3. The Morgan fingerprint density at radius 2 is 1.75 bits per heavy atom. The lowest BCUT2D eigenvalue weighted by molar-refractivity contribution is -0.134. The minimum Gasteiger partial charge on any atom is -0.500 e. The Balaban J connectivity index is 2.01. The van der Waals surface area contributed by atoms with Crippen molar-refractivity contribution in [2.45, 2.75) is 19.1 Å². The summed E-state index contributed by atoms with van der Waals surface area (Å²) in [6, 6.07) is 19.0. The second-order valence-electron chi connectivity index (χ2n) is 5.47. The van der Waals surface area contributed by atoms with Gasteiger partial charge in [0.05, 0.1) is 25.3 Å². The van der Waals surface area contributed by atoms with Crippen molar-refractivity contribution in [2.75, 3.05) is 13.2 Å². The molecular formula is C20H23NO3. The quantitative estimate of drug-likeness (QED) is 0.568. The fourth-order valence-electron chi connectivity index (χ4n) is 2.43. The number of ether oxygens (including phenoxy) is 1. The Bertz CT molecular complexity index is 628. The van der Waals surface area contributed by atoms with Gasteiger partial charge in [-0.1, -0.05) is 67.2 Å². The lowest BCUT2D eigenvalue weighted by Crippen LogP contribution is -2.34. The molecule has 0 aliphatic rings. The Morgan fingerprint density at radius 1 is 1.12 bits per heavy atom. The smallest absolute Gasteiger partial charge is 0.225 e. The highest BCUT2D eigenvalue weighted by Gasteiger charge is 2.19. The third kappa shape index (κ3) is 5.56. The Morgan fingerprint density at radius 3 is 2.38 bits per heavy atom. The van der Waals surface area contributed by atoms with Crippen LogP contribution >= 0.6 is 0 Å². The number of carbonyl (C=O) groups is 1. The van der Waals surface area contributed by atoms with E-state index in [1.54, 1.807) is 4.90 Å². The Hall–Kier alpha value is -2.59. The zero-order chi connectivity index (χ0) is 17.2. The molecule has 2 rings (SSSR count). The van der Waals surface area contributed by atoms with Crippen LogP contribution in [0.4, 0.5) is 0 Å². The molecule has 0 saturated carbocycles. The van der Waals surface area contributed by atoms with Crippen LogP contribution in [0.3, 0.4) is 0 Å². The highest BCUT2D eigenvalue weighted by atomic mass is 16.5. The van der Waals surface area contributed by atoms with E-state index in [4.69, 9.17) is 4.74 Å². The van der Waals surface area contributed by atoms with Gasteiger partial charge in [-0.25, -0.2) is 0 Å². The van der Waals surface area contributed by atoms with Crippen molar-refractivity contribution < 1.29 is 14.6 Å². The molecule has 2 aromatic carbocycles. The van der Waals surface area contributed by atoms with Gasteiger partial charge >= 0.3 is 0 Å². The van der Waals surface area contributed by atoms with Crippen LogP contribution in [0.5, 0.6) is 0 Å². The van der Waals surface area contributed by atoms with E-state index in [0.717, 1.165) is 11.1 Å². The number of carbonyl (C=O) groups excluding carboxylic acids is 1. The standard InChI is InChI=1S/C20H23NO3/c1-2-24-14-13-21(16-17-9-5-3-6-10-17)20(23)15-19(22)18-11-7-4-8-12-18/h2-12,19,22H,1,13-16H2/t19-/m0/s1.